The van der Waals surface area contributed by atoms with Gasteiger partial charge in [-0.3, -0.25) is 0 Å². The van der Waals surface area contributed by atoms with Crippen molar-refractivity contribution in [3.05, 3.63) is 0 Å². The van der Waals surface area contributed by atoms with Gasteiger partial charge in [-0.15, -0.1) is 4.99 Å². The van der Waals surface area contributed by atoms with E-state index in [2.05, 4.69) is 25.8 Å². The van der Waals surface area contributed by atoms with Crippen molar-refractivity contribution in [1.29, 1.82) is 0 Å². The summed E-state index contributed by atoms with van der Waals surface area (Å²) in [6.07, 6.45) is 9.55. The Labute approximate surface area is 96.9 Å². The Morgan fingerprint density at radius 3 is 1.81 bits per heavy atom. The lowest BCUT2D eigenvalue weighted by Gasteiger charge is -2.01. The van der Waals surface area contributed by atoms with Crippen LogP contribution in [0.15, 0.2) is 0 Å². The molecule has 0 saturated heterocycles. The molecule has 0 atom stereocenters. The monoisotopic (exact) mass is 236 g/mol. The minimum atomic E-state index is 0.483. The van der Waals surface area contributed by atoms with Crippen molar-refractivity contribution in [1.82, 2.24) is 0 Å². The minimum Gasteiger partial charge on any atom is -0.330 e. The van der Waals surface area contributed by atoms with Crippen LogP contribution in [-0.2, 0) is 20.0 Å². The van der Waals surface area contributed by atoms with E-state index in [1.54, 1.807) is 0 Å². The van der Waals surface area contributed by atoms with Crippen molar-refractivity contribution in [2.75, 3.05) is 13.2 Å². The first kappa shape index (κ1) is 15.8. The van der Waals surface area contributed by atoms with Gasteiger partial charge in [-0.1, -0.05) is 38.5 Å². The number of nitrogens with two attached hydrogens (primary N) is 2. The summed E-state index contributed by atoms with van der Waals surface area (Å²) in [5.41, 5.74) is 5.41. The lowest BCUT2D eigenvalue weighted by Crippen LogP contribution is -2.03. The fraction of sp³-hybridized carbons (Fsp3) is 1.00. The standard InChI is InChI=1S/C10H24N2O4/c11-9-7-5-3-1-2-4-6-8-10-13-15-16-14-12/h1-12H2. The van der Waals surface area contributed by atoms with Gasteiger partial charge in [0, 0.05) is 0 Å². The fourth-order valence-corrected chi connectivity index (χ4v) is 1.44. The van der Waals surface area contributed by atoms with Gasteiger partial charge in [0.15, 0.2) is 0 Å². The fourth-order valence-electron chi connectivity index (χ4n) is 1.44. The van der Waals surface area contributed by atoms with Crippen molar-refractivity contribution in [3.8, 4) is 0 Å². The molecule has 4 N–H and O–H groups in total. The average molecular weight is 236 g/mol. The summed E-state index contributed by atoms with van der Waals surface area (Å²) in [5, 5.41) is 7.96. The molecule has 0 amide bonds. The van der Waals surface area contributed by atoms with Crippen LogP contribution < -0.4 is 11.6 Å². The molecule has 6 nitrogen and oxygen atoms in total. The first-order valence-electron chi connectivity index (χ1n) is 5.93. The molecule has 0 aromatic rings. The molecule has 0 aliphatic rings. The number of hydrogen-bond donors (Lipinski definition) is 2. The maximum Gasteiger partial charge on any atom is 0.0855 e. The highest BCUT2D eigenvalue weighted by molar-refractivity contribution is 4.46. The molecule has 0 heterocycles. The zero-order valence-electron chi connectivity index (χ0n) is 9.86. The van der Waals surface area contributed by atoms with E-state index in [-0.39, 0.29) is 0 Å². The molecule has 0 radical (unpaired) electrons. The van der Waals surface area contributed by atoms with Crippen LogP contribution in [0.1, 0.15) is 51.4 Å². The predicted molar refractivity (Wildman–Crippen MR) is 59.4 cm³/mol. The van der Waals surface area contributed by atoms with Crippen LogP contribution in [0.25, 0.3) is 0 Å². The van der Waals surface area contributed by atoms with Crippen LogP contribution >= 0.6 is 0 Å². The summed E-state index contributed by atoms with van der Waals surface area (Å²) < 4.78 is 0. The highest BCUT2D eigenvalue weighted by Crippen LogP contribution is 2.08. The van der Waals surface area contributed by atoms with E-state index in [0.717, 1.165) is 25.8 Å². The molecule has 0 rings (SSSR count). The van der Waals surface area contributed by atoms with Gasteiger partial charge in [0.25, 0.3) is 0 Å². The topological polar surface area (TPSA) is 89.0 Å². The second-order valence-corrected chi connectivity index (χ2v) is 3.67. The molecular formula is C10H24N2O4. The average Bonchev–Trinajstić information content (AvgIpc) is 2.31. The van der Waals surface area contributed by atoms with Crippen LogP contribution in [0, 0.1) is 0 Å². The Bertz CT molecular complexity index is 113. The van der Waals surface area contributed by atoms with Gasteiger partial charge in [0.2, 0.25) is 0 Å². The highest BCUT2D eigenvalue weighted by Gasteiger charge is 1.93. The smallest absolute Gasteiger partial charge is 0.0855 e. The number of hydrogen-bond acceptors (Lipinski definition) is 6. The summed E-state index contributed by atoms with van der Waals surface area (Å²) >= 11 is 0. The summed E-state index contributed by atoms with van der Waals surface area (Å²) in [6, 6.07) is 0. The molecule has 6 heteroatoms. The van der Waals surface area contributed by atoms with Crippen molar-refractivity contribution in [2.24, 2.45) is 11.6 Å². The van der Waals surface area contributed by atoms with Crippen LogP contribution in [0.4, 0.5) is 0 Å². The van der Waals surface area contributed by atoms with Crippen LogP contribution in [-0.4, -0.2) is 13.2 Å². The lowest BCUT2D eigenvalue weighted by molar-refractivity contribution is -0.636. The largest absolute Gasteiger partial charge is 0.330 e. The zero-order chi connectivity index (χ0) is 11.9. The Hall–Kier alpha value is -0.240. The molecule has 0 spiro atoms. The van der Waals surface area contributed by atoms with E-state index in [9.17, 15) is 0 Å². The number of unbranched alkanes of at least 4 members (excludes halogenated alkanes) is 7. The highest BCUT2D eigenvalue weighted by atomic mass is 17.7. The molecule has 16 heavy (non-hydrogen) atoms. The zero-order valence-corrected chi connectivity index (χ0v) is 9.86. The molecule has 0 unspecified atom stereocenters. The summed E-state index contributed by atoms with van der Waals surface area (Å²) in [4.78, 5) is 8.27. The van der Waals surface area contributed by atoms with Gasteiger partial charge in [-0.05, 0) is 29.5 Å². The molecule has 0 aliphatic carbocycles. The van der Waals surface area contributed by atoms with E-state index in [1.807, 2.05) is 0 Å². The summed E-state index contributed by atoms with van der Waals surface area (Å²) in [6.45, 7) is 1.29. The molecule has 0 fully saturated rings. The Kier molecular flexibility index (Phi) is 14.5. The maximum absolute atomic E-state index is 5.41. The molecule has 0 aromatic carbocycles. The van der Waals surface area contributed by atoms with Gasteiger partial charge >= 0.3 is 0 Å². The van der Waals surface area contributed by atoms with E-state index in [0.29, 0.717) is 6.61 Å². The Morgan fingerprint density at radius 1 is 0.688 bits per heavy atom. The van der Waals surface area contributed by atoms with Crippen molar-refractivity contribution >= 4 is 0 Å². The summed E-state index contributed by atoms with van der Waals surface area (Å²) in [5.74, 6) is 4.52. The molecule has 0 aromatic heterocycles. The van der Waals surface area contributed by atoms with E-state index in [1.165, 1.54) is 32.1 Å². The van der Waals surface area contributed by atoms with Crippen LogP contribution in [0.5, 0.6) is 0 Å². The van der Waals surface area contributed by atoms with Gasteiger partial charge in [0.1, 0.15) is 0 Å². The van der Waals surface area contributed by atoms with Crippen molar-refractivity contribution < 1.29 is 20.0 Å². The molecule has 0 aliphatic heterocycles. The SMILES string of the molecule is NCCCCCCCCCCOOOON. The Morgan fingerprint density at radius 2 is 1.25 bits per heavy atom. The molecule has 0 bridgehead atoms. The van der Waals surface area contributed by atoms with Crippen LogP contribution in [0.2, 0.25) is 0 Å². The van der Waals surface area contributed by atoms with E-state index in [4.69, 9.17) is 5.73 Å². The number of rotatable bonds is 13. The Balaban J connectivity index is 2.83. The van der Waals surface area contributed by atoms with Gasteiger partial charge in [0.05, 0.1) is 6.61 Å². The molecule has 98 valence electrons. The third-order valence-electron chi connectivity index (χ3n) is 2.30. The van der Waals surface area contributed by atoms with Gasteiger partial charge < -0.3 is 5.73 Å². The van der Waals surface area contributed by atoms with Crippen molar-refractivity contribution in [3.63, 3.8) is 0 Å². The van der Waals surface area contributed by atoms with E-state index < -0.39 is 0 Å². The van der Waals surface area contributed by atoms with E-state index >= 15 is 0 Å². The third kappa shape index (κ3) is 13.8. The molecule has 0 saturated carbocycles. The maximum atomic E-state index is 5.41. The molecular weight excluding hydrogens is 212 g/mol. The predicted octanol–water partition coefficient (Wildman–Crippen LogP) is 1.75. The first-order chi connectivity index (χ1) is 7.91. The quantitative estimate of drug-likeness (QED) is 0.288. The minimum absolute atomic E-state index is 0.483. The lowest BCUT2D eigenvalue weighted by atomic mass is 10.1. The normalized spacial score (nSPS) is 10.9. The van der Waals surface area contributed by atoms with Crippen molar-refractivity contribution in [2.45, 2.75) is 51.4 Å². The third-order valence-corrected chi connectivity index (χ3v) is 2.30. The van der Waals surface area contributed by atoms with Crippen LogP contribution in [0.3, 0.4) is 0 Å². The first-order valence-corrected chi connectivity index (χ1v) is 5.93. The second kappa shape index (κ2) is 14.8. The summed E-state index contributed by atoms with van der Waals surface area (Å²) in [7, 11) is 0. The van der Waals surface area contributed by atoms with Gasteiger partial charge in [-0.2, -0.15) is 5.90 Å². The second-order valence-electron chi connectivity index (χ2n) is 3.67. The van der Waals surface area contributed by atoms with Gasteiger partial charge in [-0.25, -0.2) is 4.89 Å².